The van der Waals surface area contributed by atoms with E-state index in [0.717, 1.165) is 56.1 Å². The number of hydrogen-bond acceptors (Lipinski definition) is 4. The predicted octanol–water partition coefficient (Wildman–Crippen LogP) is 6.39. The van der Waals surface area contributed by atoms with Crippen molar-refractivity contribution in [3.05, 3.63) is 95.6 Å². The van der Waals surface area contributed by atoms with Crippen molar-refractivity contribution >= 4 is 5.91 Å². The van der Waals surface area contributed by atoms with Crippen LogP contribution in [0.15, 0.2) is 78.9 Å². The van der Waals surface area contributed by atoms with Gasteiger partial charge in [-0.15, -0.1) is 0 Å². The van der Waals surface area contributed by atoms with Crippen molar-refractivity contribution in [2.45, 2.75) is 50.6 Å². The van der Waals surface area contributed by atoms with Gasteiger partial charge in [-0.3, -0.25) is 9.69 Å². The number of benzene rings is 3. The molecule has 2 unspecified atom stereocenters. The molecule has 2 atom stereocenters. The van der Waals surface area contributed by atoms with Crippen molar-refractivity contribution < 1.29 is 14.3 Å². The Labute approximate surface area is 227 Å². The van der Waals surface area contributed by atoms with Gasteiger partial charge in [0.05, 0.1) is 14.2 Å². The Morgan fingerprint density at radius 3 is 2.29 bits per heavy atom. The number of likely N-dealkylation sites (tertiary alicyclic amines) is 1. The lowest BCUT2D eigenvalue weighted by Gasteiger charge is -2.37. The molecule has 5 rings (SSSR count). The fourth-order valence-electron chi connectivity index (χ4n) is 6.31. The van der Waals surface area contributed by atoms with Crippen molar-refractivity contribution in [2.75, 3.05) is 33.9 Å². The first-order valence-electron chi connectivity index (χ1n) is 14.0. The number of carbonyl (C=O) groups is 1. The lowest BCUT2D eigenvalue weighted by Crippen LogP contribution is -2.45. The quantitative estimate of drug-likeness (QED) is 0.333. The first-order valence-corrected chi connectivity index (χ1v) is 14.0. The Kier molecular flexibility index (Phi) is 8.65. The molecule has 1 saturated carbocycles. The highest BCUT2D eigenvalue weighted by atomic mass is 16.5. The Morgan fingerprint density at radius 1 is 0.842 bits per heavy atom. The van der Waals surface area contributed by atoms with Gasteiger partial charge in [-0.25, -0.2) is 0 Å². The van der Waals surface area contributed by atoms with Crippen LogP contribution in [0.2, 0.25) is 0 Å². The number of ether oxygens (including phenoxy) is 2. The molecule has 1 heterocycles. The maximum absolute atomic E-state index is 14.0. The zero-order valence-electron chi connectivity index (χ0n) is 22.7. The van der Waals surface area contributed by atoms with Gasteiger partial charge in [-0.1, -0.05) is 61.7 Å². The van der Waals surface area contributed by atoms with Gasteiger partial charge in [0.1, 0.15) is 11.5 Å². The molecule has 5 heteroatoms. The average Bonchev–Trinajstić information content (AvgIpc) is 3.38. The number of rotatable bonds is 9. The summed E-state index contributed by atoms with van der Waals surface area (Å²) in [5.74, 6) is 2.49. The molecule has 2 fully saturated rings. The Bertz CT molecular complexity index is 1170. The van der Waals surface area contributed by atoms with Gasteiger partial charge in [-0.2, -0.15) is 0 Å². The Hall–Kier alpha value is -3.31. The molecule has 0 radical (unpaired) electrons. The smallest absolute Gasteiger partial charge is 0.254 e. The highest BCUT2D eigenvalue weighted by Gasteiger charge is 2.38. The third-order valence-corrected chi connectivity index (χ3v) is 8.33. The molecule has 0 spiro atoms. The fraction of sp³-hybridized carbons (Fsp3) is 0.424. The molecule has 1 aliphatic heterocycles. The molecule has 1 aliphatic carbocycles. The lowest BCUT2D eigenvalue weighted by molar-refractivity contribution is 0.0588. The number of nitrogens with zero attached hydrogens (tertiary/aromatic N) is 2. The van der Waals surface area contributed by atoms with Gasteiger partial charge in [0.2, 0.25) is 0 Å². The van der Waals surface area contributed by atoms with Crippen LogP contribution >= 0.6 is 0 Å². The third kappa shape index (κ3) is 6.21. The second kappa shape index (κ2) is 12.5. The zero-order chi connectivity index (χ0) is 26.3. The summed E-state index contributed by atoms with van der Waals surface area (Å²) in [7, 11) is 3.39. The van der Waals surface area contributed by atoms with Gasteiger partial charge in [-0.05, 0) is 66.3 Å². The number of amides is 1. The van der Waals surface area contributed by atoms with E-state index in [1.165, 1.54) is 30.4 Å². The molecular weight excluding hydrogens is 472 g/mol. The number of hydrogen-bond donors (Lipinski definition) is 0. The van der Waals surface area contributed by atoms with E-state index in [0.29, 0.717) is 17.9 Å². The highest BCUT2D eigenvalue weighted by Crippen LogP contribution is 2.37. The van der Waals surface area contributed by atoms with E-state index in [4.69, 9.17) is 9.47 Å². The molecule has 1 saturated heterocycles. The highest BCUT2D eigenvalue weighted by molar-refractivity contribution is 5.94. The Morgan fingerprint density at radius 2 is 1.58 bits per heavy atom. The van der Waals surface area contributed by atoms with E-state index in [9.17, 15) is 4.79 Å². The summed E-state index contributed by atoms with van der Waals surface area (Å²) in [5.41, 5.74) is 3.37. The van der Waals surface area contributed by atoms with E-state index in [1.807, 2.05) is 30.3 Å². The zero-order valence-corrected chi connectivity index (χ0v) is 22.7. The maximum atomic E-state index is 14.0. The fourth-order valence-corrected chi connectivity index (χ4v) is 6.31. The largest absolute Gasteiger partial charge is 0.497 e. The second-order valence-electron chi connectivity index (χ2n) is 10.8. The van der Waals surface area contributed by atoms with E-state index in [-0.39, 0.29) is 5.91 Å². The van der Waals surface area contributed by atoms with Crippen molar-refractivity contribution in [1.82, 2.24) is 9.80 Å². The molecule has 0 bridgehead atoms. The standard InChI is InChI=1S/C33H40N2O3/c1-37-30-18-16-26(17-19-30)33(36)35(29-13-7-4-8-14-29)23-28-22-34(21-25-10-5-3-6-11-25)24-32(28)27-12-9-15-31(20-27)38-2/h3,5-6,9-12,15-20,28-29,32H,4,7-8,13-14,21-24H2,1-2H3. The summed E-state index contributed by atoms with van der Waals surface area (Å²) < 4.78 is 10.9. The van der Waals surface area contributed by atoms with Crippen LogP contribution in [0.5, 0.6) is 11.5 Å². The molecule has 1 amide bonds. The SMILES string of the molecule is COc1ccc(C(=O)N(CC2CN(Cc3ccccc3)CC2c2cccc(OC)c2)C2CCCCC2)cc1. The number of methoxy groups -OCH3 is 2. The maximum Gasteiger partial charge on any atom is 0.254 e. The molecule has 38 heavy (non-hydrogen) atoms. The summed E-state index contributed by atoms with van der Waals surface area (Å²) in [5, 5.41) is 0. The van der Waals surface area contributed by atoms with Crippen LogP contribution in [0.25, 0.3) is 0 Å². The molecular formula is C33H40N2O3. The van der Waals surface area contributed by atoms with E-state index in [2.05, 4.69) is 58.3 Å². The molecule has 3 aromatic rings. The first-order chi connectivity index (χ1) is 18.6. The Balaban J connectivity index is 1.42. The van der Waals surface area contributed by atoms with Gasteiger partial charge in [0.15, 0.2) is 0 Å². The first kappa shape index (κ1) is 26.3. The van der Waals surface area contributed by atoms with Crippen LogP contribution < -0.4 is 9.47 Å². The van der Waals surface area contributed by atoms with Crippen molar-refractivity contribution in [3.8, 4) is 11.5 Å². The van der Waals surface area contributed by atoms with Gasteiger partial charge in [0, 0.05) is 43.7 Å². The van der Waals surface area contributed by atoms with Crippen LogP contribution in [0.4, 0.5) is 0 Å². The van der Waals surface area contributed by atoms with Crippen molar-refractivity contribution in [3.63, 3.8) is 0 Å². The van der Waals surface area contributed by atoms with Crippen LogP contribution in [-0.2, 0) is 6.54 Å². The summed E-state index contributed by atoms with van der Waals surface area (Å²) in [4.78, 5) is 18.8. The second-order valence-corrected chi connectivity index (χ2v) is 10.8. The lowest BCUT2D eigenvalue weighted by atomic mass is 9.86. The summed E-state index contributed by atoms with van der Waals surface area (Å²) in [6.45, 7) is 3.63. The summed E-state index contributed by atoms with van der Waals surface area (Å²) in [6.07, 6.45) is 5.84. The molecule has 0 aromatic heterocycles. The van der Waals surface area contributed by atoms with Gasteiger partial charge >= 0.3 is 0 Å². The minimum Gasteiger partial charge on any atom is -0.497 e. The van der Waals surface area contributed by atoms with E-state index in [1.54, 1.807) is 14.2 Å². The van der Waals surface area contributed by atoms with Crippen molar-refractivity contribution in [2.24, 2.45) is 5.92 Å². The van der Waals surface area contributed by atoms with Crippen LogP contribution in [-0.4, -0.2) is 55.6 Å². The van der Waals surface area contributed by atoms with Gasteiger partial charge < -0.3 is 14.4 Å². The molecule has 0 N–H and O–H groups in total. The summed E-state index contributed by atoms with van der Waals surface area (Å²) >= 11 is 0. The van der Waals surface area contributed by atoms with E-state index >= 15 is 0 Å². The van der Waals surface area contributed by atoms with Crippen LogP contribution in [0.1, 0.15) is 59.5 Å². The minimum atomic E-state index is 0.144. The van der Waals surface area contributed by atoms with Gasteiger partial charge in [0.25, 0.3) is 5.91 Å². The average molecular weight is 513 g/mol. The molecule has 5 nitrogen and oxygen atoms in total. The topological polar surface area (TPSA) is 42.0 Å². The van der Waals surface area contributed by atoms with Crippen LogP contribution in [0, 0.1) is 5.92 Å². The monoisotopic (exact) mass is 512 g/mol. The van der Waals surface area contributed by atoms with Crippen LogP contribution in [0.3, 0.4) is 0 Å². The van der Waals surface area contributed by atoms with E-state index < -0.39 is 0 Å². The van der Waals surface area contributed by atoms with Crippen molar-refractivity contribution in [1.29, 1.82) is 0 Å². The number of carbonyl (C=O) groups excluding carboxylic acids is 1. The molecule has 3 aromatic carbocycles. The molecule has 200 valence electrons. The third-order valence-electron chi connectivity index (χ3n) is 8.33. The normalized spacial score (nSPS) is 20.3. The minimum absolute atomic E-state index is 0.144. The predicted molar refractivity (Wildman–Crippen MR) is 152 cm³/mol. The summed E-state index contributed by atoms with van der Waals surface area (Å²) in [6, 6.07) is 27.1. The molecule has 2 aliphatic rings.